The van der Waals surface area contributed by atoms with Gasteiger partial charge in [-0.3, -0.25) is 0 Å². The summed E-state index contributed by atoms with van der Waals surface area (Å²) >= 11 is 0. The molecule has 25 heavy (non-hydrogen) atoms. The summed E-state index contributed by atoms with van der Waals surface area (Å²) in [5.74, 6) is -0.340. The minimum Gasteiger partial charge on any atom is -0.370 e. The Labute approximate surface area is 149 Å². The van der Waals surface area contributed by atoms with Crippen LogP contribution in [0.25, 0.3) is 0 Å². The largest absolute Gasteiger partial charge is 0.370 e. The molecule has 3 rings (SSSR count). The summed E-state index contributed by atoms with van der Waals surface area (Å²) in [4.78, 5) is 0. The van der Waals surface area contributed by atoms with Crippen LogP contribution in [0, 0.1) is 5.82 Å². The Morgan fingerprint density at radius 3 is 2.48 bits per heavy atom. The van der Waals surface area contributed by atoms with Gasteiger partial charge in [0.25, 0.3) is 10.2 Å². The summed E-state index contributed by atoms with van der Waals surface area (Å²) in [6.45, 7) is 5.38. The lowest BCUT2D eigenvalue weighted by Gasteiger charge is -2.45. The molecule has 0 saturated carbocycles. The zero-order valence-corrected chi connectivity index (χ0v) is 15.8. The van der Waals surface area contributed by atoms with Gasteiger partial charge in [-0.1, -0.05) is 25.0 Å². The van der Waals surface area contributed by atoms with Crippen molar-refractivity contribution < 1.29 is 17.5 Å². The van der Waals surface area contributed by atoms with Crippen molar-refractivity contribution in [1.29, 1.82) is 0 Å². The number of halogens is 1. The fraction of sp³-hybridized carbons (Fsp3) is 0.667. The normalized spacial score (nSPS) is 26.3. The van der Waals surface area contributed by atoms with E-state index in [2.05, 4.69) is 0 Å². The monoisotopic (exact) mass is 370 g/mol. The Bertz CT molecular complexity index is 700. The van der Waals surface area contributed by atoms with Crippen molar-refractivity contribution in [3.05, 3.63) is 35.6 Å². The highest BCUT2D eigenvalue weighted by Crippen LogP contribution is 2.34. The minimum atomic E-state index is -3.57. The van der Waals surface area contributed by atoms with Gasteiger partial charge >= 0.3 is 0 Å². The summed E-state index contributed by atoms with van der Waals surface area (Å²) in [6, 6.07) is 6.20. The van der Waals surface area contributed by atoms with Crippen molar-refractivity contribution in [2.45, 2.75) is 51.2 Å². The molecule has 0 radical (unpaired) electrons. The van der Waals surface area contributed by atoms with Crippen LogP contribution in [0.4, 0.5) is 4.39 Å². The van der Waals surface area contributed by atoms with E-state index in [1.807, 2.05) is 13.8 Å². The maximum atomic E-state index is 13.5. The van der Waals surface area contributed by atoms with Gasteiger partial charge in [0.2, 0.25) is 0 Å². The Balaban J connectivity index is 1.86. The van der Waals surface area contributed by atoms with E-state index in [9.17, 15) is 12.8 Å². The highest BCUT2D eigenvalue weighted by molar-refractivity contribution is 7.86. The highest BCUT2D eigenvalue weighted by Gasteiger charge is 2.45. The molecule has 140 valence electrons. The molecule has 2 saturated heterocycles. The van der Waals surface area contributed by atoms with Crippen molar-refractivity contribution in [2.75, 3.05) is 26.2 Å². The minimum absolute atomic E-state index is 0.204. The second-order valence-corrected chi connectivity index (χ2v) is 9.37. The zero-order chi connectivity index (χ0) is 18.1. The average molecular weight is 370 g/mol. The third kappa shape index (κ3) is 4.05. The molecular weight excluding hydrogens is 343 g/mol. The second-order valence-electron chi connectivity index (χ2n) is 7.52. The molecular formula is C18H27FN2O3S. The Kier molecular flexibility index (Phi) is 5.48. The summed E-state index contributed by atoms with van der Waals surface area (Å²) < 4.78 is 49.1. The van der Waals surface area contributed by atoms with Crippen molar-refractivity contribution in [3.63, 3.8) is 0 Å². The molecule has 2 aliphatic heterocycles. The van der Waals surface area contributed by atoms with E-state index in [0.717, 1.165) is 25.7 Å². The number of nitrogens with zero attached hydrogens (tertiary/aromatic N) is 2. The maximum Gasteiger partial charge on any atom is 0.282 e. The standard InChI is InChI=1S/C18H27FN2O3S/c1-18(2)14-24-17(15-8-7-9-16(19)12-15)13-21(18)25(22,23)20-10-5-3-4-6-11-20/h7-9,12,17H,3-6,10-11,13-14H2,1-2H3/t17-/m0/s1. The molecule has 1 aromatic rings. The molecule has 0 N–H and O–H groups in total. The quantitative estimate of drug-likeness (QED) is 0.821. The van der Waals surface area contributed by atoms with E-state index in [1.165, 1.54) is 12.1 Å². The number of benzene rings is 1. The lowest BCUT2D eigenvalue weighted by Crippen LogP contribution is -2.59. The third-order valence-electron chi connectivity index (χ3n) is 5.03. The summed E-state index contributed by atoms with van der Waals surface area (Å²) in [7, 11) is -3.57. The Morgan fingerprint density at radius 1 is 1.16 bits per heavy atom. The number of rotatable bonds is 3. The van der Waals surface area contributed by atoms with E-state index >= 15 is 0 Å². The van der Waals surface area contributed by atoms with Crippen LogP contribution in [-0.2, 0) is 14.9 Å². The molecule has 5 nitrogen and oxygen atoms in total. The van der Waals surface area contributed by atoms with Gasteiger partial charge in [0.05, 0.1) is 18.2 Å². The number of morpholine rings is 1. The van der Waals surface area contributed by atoms with Crippen LogP contribution in [0.1, 0.15) is 51.2 Å². The van der Waals surface area contributed by atoms with Gasteiger partial charge < -0.3 is 4.74 Å². The van der Waals surface area contributed by atoms with Crippen molar-refractivity contribution in [3.8, 4) is 0 Å². The fourth-order valence-corrected chi connectivity index (χ4v) is 5.55. The highest BCUT2D eigenvalue weighted by atomic mass is 32.2. The molecule has 2 fully saturated rings. The lowest BCUT2D eigenvalue weighted by atomic mass is 10.0. The summed E-state index contributed by atoms with van der Waals surface area (Å²) in [5.41, 5.74) is 0.0427. The van der Waals surface area contributed by atoms with Crippen LogP contribution < -0.4 is 0 Å². The Hall–Kier alpha value is -1.02. The molecule has 0 aliphatic carbocycles. The molecule has 1 atom stereocenters. The molecule has 0 bridgehead atoms. The fourth-order valence-electron chi connectivity index (χ4n) is 3.55. The number of hydrogen-bond donors (Lipinski definition) is 0. The average Bonchev–Trinajstić information content (AvgIpc) is 2.84. The topological polar surface area (TPSA) is 49.9 Å². The molecule has 0 aromatic heterocycles. The van der Waals surface area contributed by atoms with E-state index in [-0.39, 0.29) is 19.0 Å². The zero-order valence-electron chi connectivity index (χ0n) is 14.9. The first-order chi connectivity index (χ1) is 11.8. The van der Waals surface area contributed by atoms with Crippen LogP contribution in [0.15, 0.2) is 24.3 Å². The maximum absolute atomic E-state index is 13.5. The van der Waals surface area contributed by atoms with Crippen LogP contribution in [0.3, 0.4) is 0 Å². The van der Waals surface area contributed by atoms with Crippen molar-refractivity contribution in [1.82, 2.24) is 8.61 Å². The third-order valence-corrected chi connectivity index (χ3v) is 7.25. The smallest absolute Gasteiger partial charge is 0.282 e. The van der Waals surface area contributed by atoms with Gasteiger partial charge in [0.15, 0.2) is 0 Å². The predicted molar refractivity (Wildman–Crippen MR) is 94.8 cm³/mol. The van der Waals surface area contributed by atoms with E-state index < -0.39 is 21.9 Å². The van der Waals surface area contributed by atoms with Crippen molar-refractivity contribution >= 4 is 10.2 Å². The second kappa shape index (κ2) is 7.31. The number of ether oxygens (including phenoxy) is 1. The molecule has 2 aliphatic rings. The van der Waals surface area contributed by atoms with Crippen LogP contribution >= 0.6 is 0 Å². The molecule has 7 heteroatoms. The van der Waals surface area contributed by atoms with Crippen LogP contribution in [0.5, 0.6) is 0 Å². The molecule has 0 unspecified atom stereocenters. The Morgan fingerprint density at radius 2 is 1.84 bits per heavy atom. The first-order valence-electron chi connectivity index (χ1n) is 8.96. The molecule has 2 heterocycles. The summed E-state index contributed by atoms with van der Waals surface area (Å²) in [5, 5.41) is 0. The van der Waals surface area contributed by atoms with Crippen LogP contribution in [-0.4, -0.2) is 48.8 Å². The van der Waals surface area contributed by atoms with Gasteiger partial charge in [0, 0.05) is 19.6 Å². The number of hydrogen-bond acceptors (Lipinski definition) is 3. The first-order valence-corrected chi connectivity index (χ1v) is 10.4. The molecule has 1 aromatic carbocycles. The van der Waals surface area contributed by atoms with Gasteiger partial charge in [0.1, 0.15) is 5.82 Å². The first kappa shape index (κ1) is 18.8. The van der Waals surface area contributed by atoms with E-state index in [0.29, 0.717) is 18.7 Å². The molecule has 0 amide bonds. The van der Waals surface area contributed by atoms with Gasteiger partial charge in [-0.15, -0.1) is 0 Å². The lowest BCUT2D eigenvalue weighted by molar-refractivity contribution is -0.0675. The van der Waals surface area contributed by atoms with Gasteiger partial charge in [-0.2, -0.15) is 17.0 Å². The van der Waals surface area contributed by atoms with Crippen LogP contribution in [0.2, 0.25) is 0 Å². The predicted octanol–water partition coefficient (Wildman–Crippen LogP) is 3.10. The van der Waals surface area contributed by atoms with E-state index in [1.54, 1.807) is 20.7 Å². The van der Waals surface area contributed by atoms with Crippen molar-refractivity contribution in [2.24, 2.45) is 0 Å². The SMILES string of the molecule is CC1(C)CO[C@H](c2cccc(F)c2)CN1S(=O)(=O)N1CCCCCC1. The van der Waals surface area contributed by atoms with Gasteiger partial charge in [-0.05, 0) is 44.4 Å². The molecule has 0 spiro atoms. The van der Waals surface area contributed by atoms with E-state index in [4.69, 9.17) is 4.74 Å². The van der Waals surface area contributed by atoms with Gasteiger partial charge in [-0.25, -0.2) is 4.39 Å². The summed E-state index contributed by atoms with van der Waals surface area (Å²) in [6.07, 6.45) is 3.49.